The van der Waals surface area contributed by atoms with Crippen LogP contribution in [0.4, 0.5) is 0 Å². The quantitative estimate of drug-likeness (QED) is 0.302. The monoisotopic (exact) mass is 103 g/mol. The summed E-state index contributed by atoms with van der Waals surface area (Å²) < 4.78 is 0. The maximum absolute atomic E-state index is 8.37. The van der Waals surface area contributed by atoms with Gasteiger partial charge in [-0.3, -0.25) is 0 Å². The summed E-state index contributed by atoms with van der Waals surface area (Å²) >= 11 is 0. The lowest BCUT2D eigenvalue weighted by Crippen LogP contribution is -2.72. The van der Waals surface area contributed by atoms with Crippen molar-refractivity contribution in [2.75, 3.05) is 6.61 Å². The highest BCUT2D eigenvalue weighted by molar-refractivity contribution is 4.82. The smallest absolute Gasteiger partial charge is 0.0870 e. The number of rotatable bonds is 1. The molecule has 0 aromatic rings. The molecule has 1 heterocycles. The second kappa shape index (κ2) is 1.75. The summed E-state index contributed by atoms with van der Waals surface area (Å²) in [4.78, 5) is 0. The van der Waals surface area contributed by atoms with E-state index in [1.165, 1.54) is 0 Å². The Hall–Kier alpha value is -0.160. The third-order valence-electron chi connectivity index (χ3n) is 1.07. The van der Waals surface area contributed by atoms with Crippen LogP contribution >= 0.6 is 0 Å². The van der Waals surface area contributed by atoms with Gasteiger partial charge in [0, 0.05) is 0 Å². The van der Waals surface area contributed by atoms with Crippen LogP contribution in [0.1, 0.15) is 0 Å². The number of aliphatic hydroxyl groups is 1. The van der Waals surface area contributed by atoms with Gasteiger partial charge in [0.1, 0.15) is 0 Å². The standard InChI is InChI=1S/C3H9N3O/c4-3-2(1-7)5-6-3/h2-3,5-7H,1,4H2. The lowest BCUT2D eigenvalue weighted by atomic mass is 10.2. The van der Waals surface area contributed by atoms with Gasteiger partial charge in [0.05, 0.1) is 18.8 Å². The van der Waals surface area contributed by atoms with Gasteiger partial charge in [-0.05, 0) is 0 Å². The zero-order chi connectivity index (χ0) is 5.28. The van der Waals surface area contributed by atoms with Gasteiger partial charge in [-0.2, -0.15) is 0 Å². The van der Waals surface area contributed by atoms with Crippen LogP contribution < -0.4 is 16.6 Å². The summed E-state index contributed by atoms with van der Waals surface area (Å²) in [6, 6.07) is 0.0556. The van der Waals surface area contributed by atoms with Crippen LogP contribution in [-0.4, -0.2) is 23.9 Å². The molecule has 2 atom stereocenters. The van der Waals surface area contributed by atoms with E-state index in [1.807, 2.05) is 0 Å². The van der Waals surface area contributed by atoms with Gasteiger partial charge >= 0.3 is 0 Å². The van der Waals surface area contributed by atoms with E-state index in [0.29, 0.717) is 0 Å². The Bertz CT molecular complexity index is 65.2. The summed E-state index contributed by atoms with van der Waals surface area (Å²) in [5, 5.41) is 8.37. The molecule has 4 heteroatoms. The predicted octanol–water partition coefficient (Wildman–Crippen LogP) is -2.26. The van der Waals surface area contributed by atoms with Crippen molar-refractivity contribution in [3.63, 3.8) is 0 Å². The van der Waals surface area contributed by atoms with E-state index in [2.05, 4.69) is 10.9 Å². The van der Waals surface area contributed by atoms with E-state index in [-0.39, 0.29) is 18.8 Å². The van der Waals surface area contributed by atoms with E-state index >= 15 is 0 Å². The van der Waals surface area contributed by atoms with Gasteiger partial charge in [-0.15, -0.1) is 0 Å². The van der Waals surface area contributed by atoms with Crippen molar-refractivity contribution in [2.45, 2.75) is 12.2 Å². The van der Waals surface area contributed by atoms with Crippen LogP contribution in [0.15, 0.2) is 0 Å². The van der Waals surface area contributed by atoms with Gasteiger partial charge in [0.15, 0.2) is 0 Å². The highest BCUT2D eigenvalue weighted by Crippen LogP contribution is 1.90. The molecule has 42 valence electrons. The summed E-state index contributed by atoms with van der Waals surface area (Å²) in [7, 11) is 0. The summed E-state index contributed by atoms with van der Waals surface area (Å²) in [6.45, 7) is 0.105. The van der Waals surface area contributed by atoms with Gasteiger partial charge < -0.3 is 10.8 Å². The highest BCUT2D eigenvalue weighted by Gasteiger charge is 2.24. The normalized spacial score (nSPS) is 40.3. The number of nitrogens with one attached hydrogen (secondary N) is 2. The molecule has 1 fully saturated rings. The zero-order valence-corrected chi connectivity index (χ0v) is 3.89. The Morgan fingerprint density at radius 3 is 2.29 bits per heavy atom. The fraction of sp³-hybridized carbons (Fsp3) is 1.00. The molecule has 4 nitrogen and oxygen atoms in total. The maximum Gasteiger partial charge on any atom is 0.0870 e. The molecule has 0 bridgehead atoms. The average Bonchev–Trinajstić information content (AvgIpc) is 1.65. The highest BCUT2D eigenvalue weighted by atomic mass is 16.3. The first-order valence-corrected chi connectivity index (χ1v) is 2.22. The Kier molecular flexibility index (Phi) is 1.25. The second-order valence-electron chi connectivity index (χ2n) is 1.60. The molecule has 0 amide bonds. The molecule has 1 aliphatic rings. The fourth-order valence-corrected chi connectivity index (χ4v) is 0.457. The Balaban J connectivity index is 2.16. The van der Waals surface area contributed by atoms with Crippen LogP contribution in [0, 0.1) is 0 Å². The van der Waals surface area contributed by atoms with Crippen LogP contribution in [0.25, 0.3) is 0 Å². The lowest BCUT2D eigenvalue weighted by Gasteiger charge is -2.34. The van der Waals surface area contributed by atoms with E-state index in [9.17, 15) is 0 Å². The minimum Gasteiger partial charge on any atom is -0.395 e. The molecular weight excluding hydrogens is 94.1 g/mol. The summed E-state index contributed by atoms with van der Waals surface area (Å²) in [5.41, 5.74) is 10.7. The molecule has 0 aliphatic carbocycles. The topological polar surface area (TPSA) is 70.3 Å². The number of hydrogen-bond acceptors (Lipinski definition) is 4. The fourth-order valence-electron chi connectivity index (χ4n) is 0.457. The summed E-state index contributed by atoms with van der Waals surface area (Å²) in [5.74, 6) is 0. The van der Waals surface area contributed by atoms with E-state index < -0.39 is 0 Å². The van der Waals surface area contributed by atoms with Crippen molar-refractivity contribution in [2.24, 2.45) is 5.73 Å². The van der Waals surface area contributed by atoms with Crippen molar-refractivity contribution in [3.05, 3.63) is 0 Å². The Labute approximate surface area is 41.7 Å². The molecule has 1 rings (SSSR count). The van der Waals surface area contributed by atoms with Gasteiger partial charge in [0.25, 0.3) is 0 Å². The van der Waals surface area contributed by atoms with Gasteiger partial charge in [0.2, 0.25) is 0 Å². The molecule has 0 aromatic heterocycles. The minimum absolute atomic E-state index is 0.0556. The minimum atomic E-state index is -0.0648. The maximum atomic E-state index is 8.37. The van der Waals surface area contributed by atoms with Crippen molar-refractivity contribution >= 4 is 0 Å². The van der Waals surface area contributed by atoms with Crippen molar-refractivity contribution in [1.82, 2.24) is 10.9 Å². The van der Waals surface area contributed by atoms with Gasteiger partial charge in [-0.1, -0.05) is 0 Å². The Morgan fingerprint density at radius 1 is 1.57 bits per heavy atom. The van der Waals surface area contributed by atoms with E-state index in [4.69, 9.17) is 10.8 Å². The SMILES string of the molecule is NC1NNC1CO. The first-order chi connectivity index (χ1) is 3.34. The van der Waals surface area contributed by atoms with Crippen LogP contribution in [0.3, 0.4) is 0 Å². The van der Waals surface area contributed by atoms with Crippen molar-refractivity contribution < 1.29 is 5.11 Å². The molecule has 0 spiro atoms. The largest absolute Gasteiger partial charge is 0.395 e. The number of nitrogens with two attached hydrogens (primary N) is 1. The number of aliphatic hydroxyl groups excluding tert-OH is 1. The van der Waals surface area contributed by atoms with Gasteiger partial charge in [-0.25, -0.2) is 10.9 Å². The molecule has 1 aliphatic heterocycles. The molecule has 0 aromatic carbocycles. The molecule has 0 radical (unpaired) electrons. The predicted molar refractivity (Wildman–Crippen MR) is 25.1 cm³/mol. The lowest BCUT2D eigenvalue weighted by molar-refractivity contribution is 0.122. The molecule has 2 unspecified atom stereocenters. The first-order valence-electron chi connectivity index (χ1n) is 2.22. The molecule has 0 saturated carbocycles. The van der Waals surface area contributed by atoms with Crippen molar-refractivity contribution in [1.29, 1.82) is 0 Å². The molecule has 1 saturated heterocycles. The van der Waals surface area contributed by atoms with Crippen LogP contribution in [0.5, 0.6) is 0 Å². The van der Waals surface area contributed by atoms with E-state index in [1.54, 1.807) is 0 Å². The first kappa shape index (κ1) is 4.99. The molecular formula is C3H9N3O. The van der Waals surface area contributed by atoms with Crippen molar-refractivity contribution in [3.8, 4) is 0 Å². The Morgan fingerprint density at radius 2 is 2.29 bits per heavy atom. The van der Waals surface area contributed by atoms with Crippen LogP contribution in [-0.2, 0) is 0 Å². The number of hydrogen-bond donors (Lipinski definition) is 4. The summed E-state index contributed by atoms with van der Waals surface area (Å²) in [6.07, 6.45) is -0.0648. The molecule has 5 N–H and O–H groups in total. The number of hydrazine groups is 1. The van der Waals surface area contributed by atoms with Crippen LogP contribution in [0.2, 0.25) is 0 Å². The zero-order valence-electron chi connectivity index (χ0n) is 3.89. The average molecular weight is 103 g/mol. The third kappa shape index (κ3) is 0.733. The second-order valence-corrected chi connectivity index (χ2v) is 1.60. The van der Waals surface area contributed by atoms with E-state index in [0.717, 1.165) is 0 Å². The molecule has 7 heavy (non-hydrogen) atoms. The third-order valence-corrected chi connectivity index (χ3v) is 1.07.